The van der Waals surface area contributed by atoms with Gasteiger partial charge in [0.1, 0.15) is 12.1 Å². The Morgan fingerprint density at radius 2 is 2.12 bits per heavy atom. The molecule has 4 nitrogen and oxygen atoms in total. The monoisotopic (exact) mass is 257 g/mol. The summed E-state index contributed by atoms with van der Waals surface area (Å²) in [5.41, 5.74) is 0.971. The van der Waals surface area contributed by atoms with E-state index in [1.54, 1.807) is 7.11 Å². The van der Waals surface area contributed by atoms with Crippen LogP contribution < -0.4 is 9.64 Å². The molecule has 0 saturated heterocycles. The van der Waals surface area contributed by atoms with E-state index < -0.39 is 0 Å². The molecule has 0 aromatic carbocycles. The Morgan fingerprint density at radius 3 is 2.65 bits per heavy atom. The maximum absolute atomic E-state index is 5.75. The molecule has 96 valence electrons. The number of hydrogen-bond acceptors (Lipinski definition) is 4. The summed E-state index contributed by atoms with van der Waals surface area (Å²) in [6.45, 7) is 7.15. The molecule has 1 rings (SSSR count). The number of aromatic nitrogens is 2. The molecule has 0 spiro atoms. The number of alkyl halides is 1. The minimum Gasteiger partial charge on any atom is -0.481 e. The second-order valence-corrected chi connectivity index (χ2v) is 4.54. The van der Waals surface area contributed by atoms with E-state index in [0.717, 1.165) is 24.3 Å². The van der Waals surface area contributed by atoms with E-state index in [9.17, 15) is 0 Å². The summed E-state index contributed by atoms with van der Waals surface area (Å²) >= 11 is 5.75. The Labute approximate surface area is 108 Å². The van der Waals surface area contributed by atoms with E-state index >= 15 is 0 Å². The summed E-state index contributed by atoms with van der Waals surface area (Å²) in [4.78, 5) is 10.7. The number of anilines is 1. The van der Waals surface area contributed by atoms with Crippen LogP contribution in [0, 0.1) is 6.92 Å². The average molecular weight is 258 g/mol. The Balaban J connectivity index is 3.01. The topological polar surface area (TPSA) is 38.3 Å². The van der Waals surface area contributed by atoms with Gasteiger partial charge in [-0.1, -0.05) is 0 Å². The van der Waals surface area contributed by atoms with E-state index in [0.29, 0.717) is 17.8 Å². The van der Waals surface area contributed by atoms with Crippen molar-refractivity contribution in [3.63, 3.8) is 0 Å². The lowest BCUT2D eigenvalue weighted by atomic mass is 10.2. The van der Waals surface area contributed by atoms with Gasteiger partial charge < -0.3 is 9.64 Å². The second-order valence-electron chi connectivity index (χ2n) is 4.16. The van der Waals surface area contributed by atoms with Gasteiger partial charge in [-0.25, -0.2) is 9.97 Å². The van der Waals surface area contributed by atoms with Crippen LogP contribution in [0.5, 0.6) is 5.88 Å². The summed E-state index contributed by atoms with van der Waals surface area (Å²) in [7, 11) is 1.62. The van der Waals surface area contributed by atoms with Gasteiger partial charge >= 0.3 is 0 Å². The highest BCUT2D eigenvalue weighted by Gasteiger charge is 2.16. The molecule has 0 aliphatic carbocycles. The first kappa shape index (κ1) is 14.0. The smallest absolute Gasteiger partial charge is 0.221 e. The molecular weight excluding hydrogens is 238 g/mol. The normalized spacial score (nSPS) is 10.7. The van der Waals surface area contributed by atoms with Gasteiger partial charge in [0, 0.05) is 18.5 Å². The molecule has 1 heterocycles. The Bertz CT molecular complexity index is 358. The van der Waals surface area contributed by atoms with Crippen LogP contribution in [0.4, 0.5) is 5.82 Å². The van der Waals surface area contributed by atoms with E-state index in [1.807, 2.05) is 6.92 Å². The molecule has 0 radical (unpaired) electrons. The van der Waals surface area contributed by atoms with E-state index in [2.05, 4.69) is 28.7 Å². The third-order valence-electron chi connectivity index (χ3n) is 2.63. The van der Waals surface area contributed by atoms with Crippen LogP contribution in [0.25, 0.3) is 0 Å². The number of methoxy groups -OCH3 is 1. The zero-order valence-corrected chi connectivity index (χ0v) is 11.7. The van der Waals surface area contributed by atoms with Gasteiger partial charge in [-0.3, -0.25) is 0 Å². The number of halogens is 1. The molecule has 0 amide bonds. The largest absolute Gasteiger partial charge is 0.481 e. The number of ether oxygens (including phenoxy) is 1. The molecule has 0 aliphatic heterocycles. The van der Waals surface area contributed by atoms with Gasteiger partial charge in [0.15, 0.2) is 0 Å². The summed E-state index contributed by atoms with van der Waals surface area (Å²) in [6, 6.07) is 0.372. The van der Waals surface area contributed by atoms with Gasteiger partial charge in [-0.05, 0) is 27.2 Å². The first-order valence-corrected chi connectivity index (χ1v) is 6.33. The molecule has 1 aromatic heterocycles. The summed E-state index contributed by atoms with van der Waals surface area (Å²) < 4.78 is 5.22. The van der Waals surface area contributed by atoms with Crippen LogP contribution in [-0.2, 0) is 0 Å². The predicted octanol–water partition coefficient (Wildman–Crippen LogP) is 2.64. The fraction of sp³-hybridized carbons (Fsp3) is 0.667. The van der Waals surface area contributed by atoms with Crippen LogP contribution in [0.15, 0.2) is 6.33 Å². The van der Waals surface area contributed by atoms with Crippen molar-refractivity contribution in [1.82, 2.24) is 9.97 Å². The highest BCUT2D eigenvalue weighted by Crippen LogP contribution is 2.25. The minimum absolute atomic E-state index is 0.372. The lowest BCUT2D eigenvalue weighted by molar-refractivity contribution is 0.393. The molecule has 0 atom stereocenters. The van der Waals surface area contributed by atoms with E-state index in [4.69, 9.17) is 16.3 Å². The summed E-state index contributed by atoms with van der Waals surface area (Å²) in [6.07, 6.45) is 2.47. The third kappa shape index (κ3) is 3.46. The standard InChI is InChI=1S/C12H20ClN3O/c1-9(2)16(7-5-6-13)11-10(3)12(17-4)15-8-14-11/h8-9H,5-7H2,1-4H3. The van der Waals surface area contributed by atoms with Crippen molar-refractivity contribution in [2.24, 2.45) is 0 Å². The average Bonchev–Trinajstić information content (AvgIpc) is 2.31. The lowest BCUT2D eigenvalue weighted by Gasteiger charge is -2.29. The Morgan fingerprint density at radius 1 is 1.41 bits per heavy atom. The molecule has 0 fully saturated rings. The van der Waals surface area contributed by atoms with Crippen molar-refractivity contribution < 1.29 is 4.74 Å². The quantitative estimate of drug-likeness (QED) is 0.735. The fourth-order valence-electron chi connectivity index (χ4n) is 1.76. The van der Waals surface area contributed by atoms with Crippen LogP contribution in [-0.4, -0.2) is 35.5 Å². The van der Waals surface area contributed by atoms with Crippen LogP contribution in [0.2, 0.25) is 0 Å². The number of nitrogens with zero attached hydrogens (tertiary/aromatic N) is 3. The van der Waals surface area contributed by atoms with Crippen molar-refractivity contribution in [3.8, 4) is 5.88 Å². The lowest BCUT2D eigenvalue weighted by Crippen LogP contribution is -2.33. The van der Waals surface area contributed by atoms with Crippen molar-refractivity contribution in [3.05, 3.63) is 11.9 Å². The van der Waals surface area contributed by atoms with E-state index in [1.165, 1.54) is 6.33 Å². The zero-order valence-electron chi connectivity index (χ0n) is 10.9. The molecule has 0 saturated carbocycles. The second kappa shape index (κ2) is 6.64. The first-order valence-electron chi connectivity index (χ1n) is 5.80. The fourth-order valence-corrected chi connectivity index (χ4v) is 1.88. The van der Waals surface area contributed by atoms with Crippen LogP contribution in [0.1, 0.15) is 25.8 Å². The van der Waals surface area contributed by atoms with Crippen molar-refractivity contribution in [1.29, 1.82) is 0 Å². The van der Waals surface area contributed by atoms with Crippen molar-refractivity contribution in [2.45, 2.75) is 33.2 Å². The third-order valence-corrected chi connectivity index (χ3v) is 2.90. The number of hydrogen-bond donors (Lipinski definition) is 0. The number of rotatable bonds is 6. The van der Waals surface area contributed by atoms with Gasteiger partial charge in [-0.15, -0.1) is 11.6 Å². The molecule has 0 N–H and O–H groups in total. The molecule has 0 unspecified atom stereocenters. The van der Waals surface area contributed by atoms with E-state index in [-0.39, 0.29) is 0 Å². The molecule has 17 heavy (non-hydrogen) atoms. The molecule has 5 heteroatoms. The predicted molar refractivity (Wildman–Crippen MR) is 71.1 cm³/mol. The SMILES string of the molecule is COc1ncnc(N(CCCCl)C(C)C)c1C. The summed E-state index contributed by atoms with van der Waals surface area (Å²) in [5.74, 6) is 2.22. The molecule has 0 bridgehead atoms. The molecule has 1 aromatic rings. The maximum atomic E-state index is 5.75. The first-order chi connectivity index (χ1) is 8.11. The van der Waals surface area contributed by atoms with Crippen molar-refractivity contribution in [2.75, 3.05) is 24.4 Å². The minimum atomic E-state index is 0.372. The highest BCUT2D eigenvalue weighted by molar-refractivity contribution is 6.17. The van der Waals surface area contributed by atoms with Gasteiger partial charge in [-0.2, -0.15) is 0 Å². The zero-order chi connectivity index (χ0) is 12.8. The Hall–Kier alpha value is -1.03. The molecular formula is C12H20ClN3O. The van der Waals surface area contributed by atoms with Crippen LogP contribution >= 0.6 is 11.6 Å². The van der Waals surface area contributed by atoms with Gasteiger partial charge in [0.2, 0.25) is 5.88 Å². The summed E-state index contributed by atoms with van der Waals surface area (Å²) in [5, 5.41) is 0. The van der Waals surface area contributed by atoms with Gasteiger partial charge in [0.05, 0.1) is 12.7 Å². The van der Waals surface area contributed by atoms with Gasteiger partial charge in [0.25, 0.3) is 0 Å². The Kier molecular flexibility index (Phi) is 5.48. The molecule has 0 aliphatic rings. The highest BCUT2D eigenvalue weighted by atomic mass is 35.5. The van der Waals surface area contributed by atoms with Crippen molar-refractivity contribution >= 4 is 17.4 Å². The van der Waals surface area contributed by atoms with Crippen LogP contribution in [0.3, 0.4) is 0 Å². The maximum Gasteiger partial charge on any atom is 0.221 e.